The number of rotatable bonds is 7. The van der Waals surface area contributed by atoms with Crippen molar-refractivity contribution in [2.24, 2.45) is 34.0 Å². The summed E-state index contributed by atoms with van der Waals surface area (Å²) in [7, 11) is -1.84. The smallest absolute Gasteiger partial charge is 0.306 e. The van der Waals surface area contributed by atoms with E-state index in [1.807, 2.05) is 0 Å². The maximum atomic E-state index is 12.5. The summed E-state index contributed by atoms with van der Waals surface area (Å²) >= 11 is 0. The third kappa shape index (κ3) is 5.20. The SMILES string of the molecule is CC(C)=CCCC(C(=O)O)C1CC=C2C3=C(CC[C@@]21C)[C@@]1(C)CCC(O[Si](C)(C)C(C)(C)C)C(C)(C)C1CC3. The van der Waals surface area contributed by atoms with Crippen molar-refractivity contribution in [2.45, 2.75) is 144 Å². The summed E-state index contributed by atoms with van der Waals surface area (Å²) in [5.74, 6) is -0.0314. The van der Waals surface area contributed by atoms with Crippen molar-refractivity contribution in [3.05, 3.63) is 34.4 Å². The first-order chi connectivity index (χ1) is 17.9. The van der Waals surface area contributed by atoms with Crippen molar-refractivity contribution in [1.82, 2.24) is 0 Å². The van der Waals surface area contributed by atoms with E-state index < -0.39 is 14.3 Å². The molecule has 3 nitrogen and oxygen atoms in total. The van der Waals surface area contributed by atoms with E-state index in [1.54, 1.807) is 11.1 Å². The maximum Gasteiger partial charge on any atom is 0.306 e. The van der Waals surface area contributed by atoms with Gasteiger partial charge in [-0.15, -0.1) is 0 Å². The van der Waals surface area contributed by atoms with Gasteiger partial charge in [-0.2, -0.15) is 0 Å². The van der Waals surface area contributed by atoms with E-state index in [-0.39, 0.29) is 33.1 Å². The van der Waals surface area contributed by atoms with Crippen LogP contribution in [-0.4, -0.2) is 25.5 Å². The zero-order valence-electron chi connectivity index (χ0n) is 27.1. The third-order valence-electron chi connectivity index (χ3n) is 12.5. The summed E-state index contributed by atoms with van der Waals surface area (Å²) in [5, 5.41) is 10.5. The summed E-state index contributed by atoms with van der Waals surface area (Å²) in [5.41, 5.74) is 6.51. The van der Waals surface area contributed by atoms with Crippen LogP contribution in [0.1, 0.15) is 120 Å². The fraction of sp³-hybridized carbons (Fsp3) is 0.800. The number of carboxylic acids is 1. The summed E-state index contributed by atoms with van der Waals surface area (Å²) < 4.78 is 7.14. The monoisotopic (exact) mass is 554 g/mol. The summed E-state index contributed by atoms with van der Waals surface area (Å²) in [4.78, 5) is 12.5. The molecule has 0 aromatic heterocycles. The largest absolute Gasteiger partial charge is 0.481 e. The predicted octanol–water partition coefficient (Wildman–Crippen LogP) is 10.1. The van der Waals surface area contributed by atoms with Gasteiger partial charge in [0.1, 0.15) is 0 Å². The van der Waals surface area contributed by atoms with Gasteiger partial charge in [-0.25, -0.2) is 0 Å². The Hall–Kier alpha value is -1.13. The molecule has 4 rings (SSSR count). The van der Waals surface area contributed by atoms with Gasteiger partial charge in [0.05, 0.1) is 12.0 Å². The maximum absolute atomic E-state index is 12.5. The van der Waals surface area contributed by atoms with Crippen LogP contribution in [0.25, 0.3) is 0 Å². The molecule has 1 N–H and O–H groups in total. The summed E-state index contributed by atoms with van der Waals surface area (Å²) in [6.45, 7) is 26.1. The molecular weight excluding hydrogens is 496 g/mol. The van der Waals surface area contributed by atoms with Crippen LogP contribution in [0, 0.1) is 34.0 Å². The molecule has 4 aliphatic rings. The Bertz CT molecular complexity index is 1070. The highest BCUT2D eigenvalue weighted by Crippen LogP contribution is 2.67. The number of allylic oxidation sites excluding steroid dienone is 6. The normalized spacial score (nSPS) is 34.9. The number of hydrogen-bond donors (Lipinski definition) is 1. The van der Waals surface area contributed by atoms with Crippen molar-refractivity contribution in [3.63, 3.8) is 0 Å². The van der Waals surface area contributed by atoms with Crippen LogP contribution >= 0.6 is 0 Å². The van der Waals surface area contributed by atoms with E-state index in [1.165, 1.54) is 24.0 Å². The van der Waals surface area contributed by atoms with Crippen LogP contribution in [0.3, 0.4) is 0 Å². The molecule has 0 heterocycles. The first-order valence-corrected chi connectivity index (χ1v) is 18.7. The highest BCUT2D eigenvalue weighted by atomic mass is 28.4. The average Bonchev–Trinajstić information content (AvgIpc) is 3.14. The molecule has 0 aromatic rings. The molecule has 6 atom stereocenters. The lowest BCUT2D eigenvalue weighted by molar-refractivity contribution is -0.145. The molecule has 0 spiro atoms. The second kappa shape index (κ2) is 10.3. The Balaban J connectivity index is 1.60. The minimum absolute atomic E-state index is 0.00573. The lowest BCUT2D eigenvalue weighted by atomic mass is 9.46. The third-order valence-corrected chi connectivity index (χ3v) is 17.0. The molecule has 0 bridgehead atoms. The minimum Gasteiger partial charge on any atom is -0.481 e. The fourth-order valence-electron chi connectivity index (χ4n) is 9.10. The topological polar surface area (TPSA) is 46.5 Å². The van der Waals surface area contributed by atoms with Gasteiger partial charge in [0, 0.05) is 0 Å². The molecule has 4 unspecified atom stereocenters. The van der Waals surface area contributed by atoms with Crippen molar-refractivity contribution < 1.29 is 14.3 Å². The molecule has 220 valence electrons. The van der Waals surface area contributed by atoms with E-state index in [0.717, 1.165) is 44.9 Å². The van der Waals surface area contributed by atoms with Crippen LogP contribution in [0.15, 0.2) is 34.4 Å². The molecule has 4 aliphatic carbocycles. The lowest BCUT2D eigenvalue weighted by Gasteiger charge is -2.61. The second-order valence-electron chi connectivity index (χ2n) is 16.4. The molecule has 0 aromatic carbocycles. The Morgan fingerprint density at radius 3 is 2.36 bits per heavy atom. The van der Waals surface area contributed by atoms with E-state index in [4.69, 9.17) is 4.43 Å². The quantitative estimate of drug-likeness (QED) is 0.251. The van der Waals surface area contributed by atoms with Crippen LogP contribution in [0.4, 0.5) is 0 Å². The van der Waals surface area contributed by atoms with E-state index in [9.17, 15) is 9.90 Å². The lowest BCUT2D eigenvalue weighted by Crippen LogP contribution is -2.57. The fourth-order valence-corrected chi connectivity index (χ4v) is 10.6. The molecule has 0 saturated heterocycles. The molecule has 0 amide bonds. The van der Waals surface area contributed by atoms with Gasteiger partial charge >= 0.3 is 5.97 Å². The van der Waals surface area contributed by atoms with Crippen molar-refractivity contribution in [2.75, 3.05) is 0 Å². The summed E-state index contributed by atoms with van der Waals surface area (Å²) in [6.07, 6.45) is 14.5. The molecule has 4 heteroatoms. The van der Waals surface area contributed by atoms with Gasteiger partial charge in [0.25, 0.3) is 0 Å². The van der Waals surface area contributed by atoms with E-state index in [0.29, 0.717) is 12.0 Å². The standard InChI is InChI=1S/C35H58O3Si/c1-23(2)13-12-14-25(31(36)37)27-17-16-26-24-15-18-29-33(6,7)30(38-39(10,11)32(3,4)5)20-22-35(29,9)28(24)19-21-34(26,27)8/h13,16,25,27,29-30H,12,14-15,17-22H2,1-11H3,(H,36,37)/t25?,27?,29?,30?,34-,35+/m0/s1. The highest BCUT2D eigenvalue weighted by Gasteiger charge is 2.59. The van der Waals surface area contributed by atoms with Crippen LogP contribution in [0.2, 0.25) is 18.1 Å². The number of carbonyl (C=O) groups is 1. The number of hydrogen-bond acceptors (Lipinski definition) is 2. The molecule has 39 heavy (non-hydrogen) atoms. The minimum atomic E-state index is -1.84. The van der Waals surface area contributed by atoms with Gasteiger partial charge in [0.2, 0.25) is 0 Å². The van der Waals surface area contributed by atoms with Crippen molar-refractivity contribution in [1.29, 1.82) is 0 Å². The Kier molecular flexibility index (Phi) is 8.14. The van der Waals surface area contributed by atoms with Crippen LogP contribution < -0.4 is 0 Å². The van der Waals surface area contributed by atoms with Gasteiger partial charge in [-0.05, 0) is 129 Å². The van der Waals surface area contributed by atoms with Crippen LogP contribution in [0.5, 0.6) is 0 Å². The van der Waals surface area contributed by atoms with E-state index in [2.05, 4.69) is 87.6 Å². The van der Waals surface area contributed by atoms with Crippen LogP contribution in [-0.2, 0) is 9.22 Å². The first kappa shape index (κ1) is 30.8. The first-order valence-electron chi connectivity index (χ1n) is 15.8. The average molecular weight is 555 g/mol. The molecule has 1 saturated carbocycles. The second-order valence-corrected chi connectivity index (χ2v) is 21.1. The molecule has 0 aliphatic heterocycles. The van der Waals surface area contributed by atoms with Crippen molar-refractivity contribution in [3.8, 4) is 0 Å². The van der Waals surface area contributed by atoms with Gasteiger partial charge in [-0.3, -0.25) is 4.79 Å². The van der Waals surface area contributed by atoms with Crippen molar-refractivity contribution >= 4 is 14.3 Å². The van der Waals surface area contributed by atoms with Gasteiger partial charge in [-0.1, -0.05) is 71.8 Å². The highest BCUT2D eigenvalue weighted by molar-refractivity contribution is 6.74. The number of aliphatic carboxylic acids is 1. The number of fused-ring (bicyclic) bond motifs is 4. The zero-order chi connectivity index (χ0) is 29.2. The van der Waals surface area contributed by atoms with E-state index >= 15 is 0 Å². The Morgan fingerprint density at radius 2 is 1.77 bits per heavy atom. The summed E-state index contributed by atoms with van der Waals surface area (Å²) in [6, 6.07) is 0. The Morgan fingerprint density at radius 1 is 1.10 bits per heavy atom. The molecule has 1 fully saturated rings. The zero-order valence-corrected chi connectivity index (χ0v) is 28.1. The Labute approximate surface area is 241 Å². The predicted molar refractivity (Wildman–Crippen MR) is 166 cm³/mol. The van der Waals surface area contributed by atoms with Gasteiger partial charge < -0.3 is 9.53 Å². The number of carboxylic acid groups (broad SMARTS) is 1. The molecular formula is C35H58O3Si. The molecule has 0 radical (unpaired) electrons. The van der Waals surface area contributed by atoms with Gasteiger partial charge in [0.15, 0.2) is 8.32 Å².